The number of halogens is 3. The number of hydrogen-bond acceptors (Lipinski definition) is 1. The number of fused-ring (bicyclic) bond motifs is 1. The number of rotatable bonds is 1. The highest BCUT2D eigenvalue weighted by molar-refractivity contribution is 5.38. The molecule has 0 aromatic heterocycles. The minimum Gasteiger partial charge on any atom is -0.316 e. The smallest absolute Gasteiger partial charge is 0.316 e. The maximum Gasteiger partial charge on any atom is 0.416 e. The summed E-state index contributed by atoms with van der Waals surface area (Å²) < 4.78 is 77.3. The van der Waals surface area contributed by atoms with Crippen LogP contribution >= 0.6 is 0 Å². The summed E-state index contributed by atoms with van der Waals surface area (Å²) in [5.74, 6) is -2.05. The average molecular weight is 232 g/mol. The van der Waals surface area contributed by atoms with Gasteiger partial charge in [0.1, 0.15) is 0 Å². The Labute approximate surface area is 98.7 Å². The van der Waals surface area contributed by atoms with Gasteiger partial charge in [-0.2, -0.15) is 13.2 Å². The summed E-state index contributed by atoms with van der Waals surface area (Å²) >= 11 is 0. The maximum atomic E-state index is 12.6. The molecular formula is C12H12F3N. The molecule has 1 aliphatic carbocycles. The van der Waals surface area contributed by atoms with Crippen LogP contribution in [0.2, 0.25) is 0 Å². The Kier molecular flexibility index (Phi) is 1.14. The first-order chi connectivity index (χ1) is 9.42. The Morgan fingerprint density at radius 2 is 2.06 bits per heavy atom. The van der Waals surface area contributed by atoms with Gasteiger partial charge in [-0.3, -0.25) is 0 Å². The number of alkyl halides is 3. The second-order valence-electron chi connectivity index (χ2n) is 3.96. The lowest BCUT2D eigenvalue weighted by Gasteiger charge is -2.13. The summed E-state index contributed by atoms with van der Waals surface area (Å²) in [6.07, 6.45) is -6.63. The molecule has 2 aliphatic rings. The molecule has 1 heterocycles. The standard InChI is InChI=1S/C12H12F3N/c13-12(14,15)9-3-1-8(2-4-9)11-5-10(11)6-16-7-11/h1-4,10,16H,5-7H2/i5D2,6D2,10D. The Balaban J connectivity index is 2.06. The number of nitrogens with one attached hydrogen (secondary N) is 1. The first kappa shape index (κ1) is 6.05. The van der Waals surface area contributed by atoms with Crippen molar-refractivity contribution in [1.29, 1.82) is 0 Å². The Bertz CT molecular complexity index is 600. The van der Waals surface area contributed by atoms with Crippen LogP contribution < -0.4 is 5.32 Å². The second kappa shape index (κ2) is 3.00. The topological polar surface area (TPSA) is 12.0 Å². The molecule has 86 valence electrons. The van der Waals surface area contributed by atoms with Crippen molar-refractivity contribution in [1.82, 2.24) is 5.32 Å². The van der Waals surface area contributed by atoms with Crippen molar-refractivity contribution in [3.05, 3.63) is 35.4 Å². The van der Waals surface area contributed by atoms with E-state index in [0.717, 1.165) is 24.3 Å². The van der Waals surface area contributed by atoms with Crippen molar-refractivity contribution in [2.45, 2.75) is 18.0 Å². The van der Waals surface area contributed by atoms with E-state index in [1.54, 1.807) is 0 Å². The molecule has 1 saturated heterocycles. The molecule has 16 heavy (non-hydrogen) atoms. The van der Waals surface area contributed by atoms with Crippen LogP contribution in [0.5, 0.6) is 0 Å². The van der Waals surface area contributed by atoms with E-state index < -0.39 is 35.9 Å². The van der Waals surface area contributed by atoms with Gasteiger partial charge in [-0.1, -0.05) is 12.1 Å². The molecule has 1 aromatic carbocycles. The summed E-state index contributed by atoms with van der Waals surface area (Å²) in [5, 5.41) is 2.46. The van der Waals surface area contributed by atoms with E-state index in [-0.39, 0.29) is 12.1 Å². The molecule has 2 atom stereocenters. The Morgan fingerprint density at radius 1 is 1.38 bits per heavy atom. The van der Waals surface area contributed by atoms with E-state index >= 15 is 0 Å². The molecule has 1 N–H and O–H groups in total. The summed E-state index contributed by atoms with van der Waals surface area (Å²) in [4.78, 5) is 0. The predicted molar refractivity (Wildman–Crippen MR) is 54.1 cm³/mol. The quantitative estimate of drug-likeness (QED) is 0.784. The fourth-order valence-corrected chi connectivity index (χ4v) is 1.98. The average Bonchev–Trinajstić information content (AvgIpc) is 2.63. The van der Waals surface area contributed by atoms with Crippen molar-refractivity contribution < 1.29 is 20.0 Å². The van der Waals surface area contributed by atoms with E-state index in [9.17, 15) is 13.2 Å². The van der Waals surface area contributed by atoms with E-state index in [2.05, 4.69) is 5.32 Å². The van der Waals surface area contributed by atoms with Crippen molar-refractivity contribution in [2.75, 3.05) is 13.0 Å². The molecule has 0 spiro atoms. The first-order valence-corrected chi connectivity index (χ1v) is 4.85. The van der Waals surface area contributed by atoms with Crippen LogP contribution in [0.4, 0.5) is 13.2 Å². The zero-order valence-corrected chi connectivity index (χ0v) is 8.15. The molecule has 4 heteroatoms. The number of hydrogen-bond donors (Lipinski definition) is 1. The maximum absolute atomic E-state index is 12.6. The summed E-state index contributed by atoms with van der Waals surface area (Å²) in [6.45, 7) is -2.36. The fraction of sp³-hybridized carbons (Fsp3) is 0.500. The summed E-state index contributed by atoms with van der Waals surface area (Å²) in [6, 6.07) is 3.96. The van der Waals surface area contributed by atoms with Crippen molar-refractivity contribution in [2.24, 2.45) is 5.89 Å². The van der Waals surface area contributed by atoms with Gasteiger partial charge >= 0.3 is 6.18 Å². The molecule has 1 aromatic rings. The van der Waals surface area contributed by atoms with Gasteiger partial charge < -0.3 is 5.32 Å². The van der Waals surface area contributed by atoms with Crippen LogP contribution in [0.1, 0.15) is 24.4 Å². The van der Waals surface area contributed by atoms with E-state index in [1.807, 2.05) is 0 Å². The lowest BCUT2D eigenvalue weighted by Crippen LogP contribution is -2.19. The molecule has 1 saturated carbocycles. The van der Waals surface area contributed by atoms with Crippen molar-refractivity contribution >= 4 is 0 Å². The lowest BCUT2D eigenvalue weighted by atomic mass is 9.94. The number of piperidine rings is 1. The van der Waals surface area contributed by atoms with E-state index in [4.69, 9.17) is 6.85 Å². The highest BCUT2D eigenvalue weighted by Gasteiger charge is 2.57. The van der Waals surface area contributed by atoms with Gasteiger partial charge in [0, 0.05) is 18.8 Å². The highest BCUT2D eigenvalue weighted by Crippen LogP contribution is 2.56. The molecule has 0 bridgehead atoms. The third-order valence-electron chi connectivity index (χ3n) is 2.97. The molecule has 0 amide bonds. The van der Waals surface area contributed by atoms with Crippen LogP contribution in [0.3, 0.4) is 0 Å². The molecule has 1 nitrogen and oxygen atoms in total. The van der Waals surface area contributed by atoms with Gasteiger partial charge in [0.05, 0.1) is 5.56 Å². The monoisotopic (exact) mass is 232 g/mol. The van der Waals surface area contributed by atoms with Gasteiger partial charge in [0.15, 0.2) is 0 Å². The molecule has 1 aliphatic heterocycles. The molecule has 3 rings (SSSR count). The van der Waals surface area contributed by atoms with Crippen molar-refractivity contribution in [3.8, 4) is 0 Å². The van der Waals surface area contributed by atoms with Gasteiger partial charge in [-0.25, -0.2) is 0 Å². The van der Waals surface area contributed by atoms with Crippen LogP contribution in [0, 0.1) is 5.89 Å². The largest absolute Gasteiger partial charge is 0.416 e. The van der Waals surface area contributed by atoms with Gasteiger partial charge in [-0.15, -0.1) is 0 Å². The zero-order chi connectivity index (χ0) is 15.9. The third-order valence-corrected chi connectivity index (χ3v) is 2.97. The fourth-order valence-electron chi connectivity index (χ4n) is 1.98. The predicted octanol–water partition coefficient (Wildman–Crippen LogP) is 2.57. The lowest BCUT2D eigenvalue weighted by molar-refractivity contribution is -0.137. The van der Waals surface area contributed by atoms with E-state index in [1.165, 1.54) is 0 Å². The van der Waals surface area contributed by atoms with E-state index in [0.29, 0.717) is 0 Å². The third kappa shape index (κ3) is 1.36. The van der Waals surface area contributed by atoms with Crippen LogP contribution in [-0.4, -0.2) is 13.0 Å². The van der Waals surface area contributed by atoms with Crippen molar-refractivity contribution in [3.63, 3.8) is 0 Å². The van der Waals surface area contributed by atoms with Crippen LogP contribution in [-0.2, 0) is 11.6 Å². The Hall–Kier alpha value is -1.03. The Morgan fingerprint density at radius 3 is 2.56 bits per heavy atom. The molecular weight excluding hydrogens is 215 g/mol. The SMILES string of the molecule is [2H]C1([2H])NCC2(c3ccc(C(F)(F)F)cc3)C([2H])([2H])C12[2H]. The first-order valence-electron chi connectivity index (χ1n) is 7.35. The highest BCUT2D eigenvalue weighted by atomic mass is 19.4. The normalized spacial score (nSPS) is 48.1. The van der Waals surface area contributed by atoms with Crippen LogP contribution in [0.15, 0.2) is 24.3 Å². The van der Waals surface area contributed by atoms with Crippen LogP contribution in [0.25, 0.3) is 0 Å². The molecule has 2 unspecified atom stereocenters. The molecule has 0 radical (unpaired) electrons. The molecule has 2 fully saturated rings. The van der Waals surface area contributed by atoms with Gasteiger partial charge in [-0.05, 0) is 36.5 Å². The second-order valence-corrected chi connectivity index (χ2v) is 3.96. The van der Waals surface area contributed by atoms with Gasteiger partial charge in [0.25, 0.3) is 0 Å². The zero-order valence-electron chi connectivity index (χ0n) is 13.2. The minimum atomic E-state index is -4.49. The summed E-state index contributed by atoms with van der Waals surface area (Å²) in [5.41, 5.74) is -2.11. The number of benzene rings is 1. The summed E-state index contributed by atoms with van der Waals surface area (Å²) in [7, 11) is 0. The van der Waals surface area contributed by atoms with Gasteiger partial charge in [0.2, 0.25) is 0 Å². The minimum absolute atomic E-state index is 0.123.